The smallest absolute Gasteiger partial charge is 0.409 e. The van der Waals surface area contributed by atoms with E-state index in [0.29, 0.717) is 44.3 Å². The Balaban J connectivity index is 1.55. The van der Waals surface area contributed by atoms with Gasteiger partial charge in [-0.05, 0) is 50.8 Å². The molecule has 1 saturated carbocycles. The molecule has 2 amide bonds. The Kier molecular flexibility index (Phi) is 7.92. The van der Waals surface area contributed by atoms with E-state index in [0.717, 1.165) is 12.8 Å². The molecule has 196 valence electrons. The maximum absolute atomic E-state index is 13.3. The molecule has 1 aliphatic carbocycles. The van der Waals surface area contributed by atoms with E-state index in [4.69, 9.17) is 19.6 Å². The van der Waals surface area contributed by atoms with Gasteiger partial charge in [0.2, 0.25) is 5.89 Å². The van der Waals surface area contributed by atoms with Gasteiger partial charge in [-0.15, -0.1) is 0 Å². The molecule has 0 unspecified atom stereocenters. The molecule has 10 nitrogen and oxygen atoms in total. The fourth-order valence-electron chi connectivity index (χ4n) is 3.81. The number of nitrogens with two attached hydrogens (primary N) is 1. The molecule has 2 fully saturated rings. The number of hydrogen-bond acceptors (Lipinski definition) is 8. The highest BCUT2D eigenvalue weighted by atomic mass is 19.3. The van der Waals surface area contributed by atoms with E-state index in [1.165, 1.54) is 18.2 Å². The quantitative estimate of drug-likeness (QED) is 0.545. The molecule has 1 aromatic carbocycles. The lowest BCUT2D eigenvalue weighted by Crippen LogP contribution is -2.51. The van der Waals surface area contributed by atoms with E-state index in [-0.39, 0.29) is 41.4 Å². The normalized spacial score (nSPS) is 16.7. The standard InChI is InChI=1S/C24H30F2N4O6/c1-3-33-24(32)30-10-8-29(9-11-30)22(31)19-20(14(2)27)36-21(28-19)16-6-7-17(35-23(25)26)18(12-16)34-13-15-4-5-15/h6-7,12,14-15,23H,3-5,8-11,13,27H2,1-2H3/t14-/m0/s1. The van der Waals surface area contributed by atoms with Crippen LogP contribution in [0.2, 0.25) is 0 Å². The summed E-state index contributed by atoms with van der Waals surface area (Å²) in [5, 5.41) is 0. The van der Waals surface area contributed by atoms with E-state index in [9.17, 15) is 18.4 Å². The molecule has 1 aliphatic heterocycles. The Labute approximate surface area is 207 Å². The van der Waals surface area contributed by atoms with Crippen LogP contribution >= 0.6 is 0 Å². The van der Waals surface area contributed by atoms with E-state index in [1.807, 2.05) is 0 Å². The van der Waals surface area contributed by atoms with Gasteiger partial charge in [0, 0.05) is 31.7 Å². The molecular formula is C24H30F2N4O6. The number of halogens is 2. The third-order valence-electron chi connectivity index (χ3n) is 5.94. The molecule has 0 spiro atoms. The summed E-state index contributed by atoms with van der Waals surface area (Å²) in [6.45, 7) is 2.33. The Morgan fingerprint density at radius 1 is 1.17 bits per heavy atom. The Bertz CT molecular complexity index is 1080. The number of carbonyl (C=O) groups is 2. The fraction of sp³-hybridized carbons (Fsp3) is 0.542. The Hall–Kier alpha value is -3.41. The van der Waals surface area contributed by atoms with Gasteiger partial charge in [0.05, 0.1) is 19.3 Å². The van der Waals surface area contributed by atoms with Gasteiger partial charge >= 0.3 is 12.7 Å². The molecule has 0 bridgehead atoms. The first-order valence-electron chi connectivity index (χ1n) is 12.0. The lowest BCUT2D eigenvalue weighted by atomic mass is 10.2. The average molecular weight is 509 g/mol. The summed E-state index contributed by atoms with van der Waals surface area (Å²) in [5.41, 5.74) is 6.56. The fourth-order valence-corrected chi connectivity index (χ4v) is 3.81. The Morgan fingerprint density at radius 3 is 2.47 bits per heavy atom. The second-order valence-electron chi connectivity index (χ2n) is 8.79. The summed E-state index contributed by atoms with van der Waals surface area (Å²) >= 11 is 0. The number of oxazole rings is 1. The first-order chi connectivity index (χ1) is 17.3. The number of rotatable bonds is 9. The van der Waals surface area contributed by atoms with Crippen molar-refractivity contribution >= 4 is 12.0 Å². The zero-order valence-corrected chi connectivity index (χ0v) is 20.2. The highest BCUT2D eigenvalue weighted by molar-refractivity contribution is 5.94. The molecule has 1 atom stereocenters. The van der Waals surface area contributed by atoms with Gasteiger partial charge in [-0.25, -0.2) is 9.78 Å². The lowest BCUT2D eigenvalue weighted by molar-refractivity contribution is -0.0515. The third-order valence-corrected chi connectivity index (χ3v) is 5.94. The van der Waals surface area contributed by atoms with Gasteiger partial charge in [-0.1, -0.05) is 0 Å². The largest absolute Gasteiger partial charge is 0.489 e. The first-order valence-corrected chi connectivity index (χ1v) is 12.0. The molecule has 2 aliphatic rings. The molecule has 2 N–H and O–H groups in total. The average Bonchev–Trinajstić information content (AvgIpc) is 3.58. The molecular weight excluding hydrogens is 478 g/mol. The molecule has 1 saturated heterocycles. The van der Waals surface area contributed by atoms with Gasteiger partial charge in [-0.2, -0.15) is 8.78 Å². The van der Waals surface area contributed by atoms with Crippen molar-refractivity contribution in [3.63, 3.8) is 0 Å². The molecule has 36 heavy (non-hydrogen) atoms. The van der Waals surface area contributed by atoms with Crippen molar-refractivity contribution in [2.75, 3.05) is 39.4 Å². The van der Waals surface area contributed by atoms with Gasteiger partial charge < -0.3 is 34.2 Å². The number of hydrogen-bond donors (Lipinski definition) is 1. The topological polar surface area (TPSA) is 120 Å². The third kappa shape index (κ3) is 6.04. The SMILES string of the molecule is CCOC(=O)N1CCN(C(=O)c2nc(-c3ccc(OC(F)F)c(OCC4CC4)c3)oc2[C@H](C)N)CC1. The van der Waals surface area contributed by atoms with Crippen LogP contribution in [0.15, 0.2) is 22.6 Å². The summed E-state index contributed by atoms with van der Waals surface area (Å²) in [5.74, 6) is 0.385. The minimum atomic E-state index is -3.00. The zero-order valence-electron chi connectivity index (χ0n) is 20.2. The minimum Gasteiger partial charge on any atom is -0.489 e. The van der Waals surface area contributed by atoms with Crippen LogP contribution in [-0.2, 0) is 4.74 Å². The number of aromatic nitrogens is 1. The number of amides is 2. The number of carbonyl (C=O) groups excluding carboxylic acids is 2. The van der Waals surface area contributed by atoms with Crippen molar-refractivity contribution in [2.45, 2.75) is 39.3 Å². The summed E-state index contributed by atoms with van der Waals surface area (Å²) in [6.07, 6.45) is 1.65. The summed E-state index contributed by atoms with van der Waals surface area (Å²) in [4.78, 5) is 32.8. The first kappa shape index (κ1) is 25.7. The molecule has 4 rings (SSSR count). The van der Waals surface area contributed by atoms with Crippen LogP contribution in [0.25, 0.3) is 11.5 Å². The van der Waals surface area contributed by atoms with Crippen LogP contribution in [-0.4, -0.2) is 72.8 Å². The van der Waals surface area contributed by atoms with Gasteiger partial charge in [0.1, 0.15) is 0 Å². The highest BCUT2D eigenvalue weighted by Gasteiger charge is 2.31. The predicted octanol–water partition coefficient (Wildman–Crippen LogP) is 3.67. The van der Waals surface area contributed by atoms with Gasteiger partial charge in [0.15, 0.2) is 23.0 Å². The van der Waals surface area contributed by atoms with Gasteiger partial charge in [-0.3, -0.25) is 4.79 Å². The second-order valence-corrected chi connectivity index (χ2v) is 8.79. The number of benzene rings is 1. The van der Waals surface area contributed by atoms with Crippen molar-refractivity contribution in [1.82, 2.24) is 14.8 Å². The van der Waals surface area contributed by atoms with E-state index in [1.54, 1.807) is 23.6 Å². The number of alkyl halides is 2. The van der Waals surface area contributed by atoms with Crippen LogP contribution in [0.5, 0.6) is 11.5 Å². The maximum Gasteiger partial charge on any atom is 0.409 e. The second kappa shape index (κ2) is 11.1. The van der Waals surface area contributed by atoms with E-state index in [2.05, 4.69) is 9.72 Å². The van der Waals surface area contributed by atoms with Gasteiger partial charge in [0.25, 0.3) is 5.91 Å². The zero-order chi connectivity index (χ0) is 25.8. The van der Waals surface area contributed by atoms with Crippen molar-refractivity contribution in [3.8, 4) is 23.0 Å². The molecule has 2 heterocycles. The highest BCUT2D eigenvalue weighted by Crippen LogP contribution is 2.37. The van der Waals surface area contributed by atoms with Crippen LogP contribution in [0, 0.1) is 5.92 Å². The van der Waals surface area contributed by atoms with Crippen molar-refractivity contribution in [1.29, 1.82) is 0 Å². The van der Waals surface area contributed by atoms with Crippen LogP contribution in [0.3, 0.4) is 0 Å². The van der Waals surface area contributed by atoms with E-state index >= 15 is 0 Å². The Morgan fingerprint density at radius 2 is 1.86 bits per heavy atom. The lowest BCUT2D eigenvalue weighted by Gasteiger charge is -2.33. The van der Waals surface area contributed by atoms with Crippen LogP contribution < -0.4 is 15.2 Å². The molecule has 12 heteroatoms. The van der Waals surface area contributed by atoms with E-state index < -0.39 is 18.7 Å². The van der Waals surface area contributed by atoms with Crippen molar-refractivity contribution < 1.29 is 37.0 Å². The maximum atomic E-state index is 13.3. The number of piperazine rings is 1. The molecule has 2 aromatic rings. The minimum absolute atomic E-state index is 0.0675. The van der Waals surface area contributed by atoms with Crippen LogP contribution in [0.4, 0.5) is 13.6 Å². The van der Waals surface area contributed by atoms with Crippen molar-refractivity contribution in [2.24, 2.45) is 11.7 Å². The summed E-state index contributed by atoms with van der Waals surface area (Å²) in [6, 6.07) is 3.74. The van der Waals surface area contributed by atoms with Crippen molar-refractivity contribution in [3.05, 3.63) is 29.7 Å². The monoisotopic (exact) mass is 508 g/mol. The summed E-state index contributed by atoms with van der Waals surface area (Å²) < 4.78 is 46.9. The number of nitrogens with zero attached hydrogens (tertiary/aromatic N) is 3. The number of ether oxygens (including phenoxy) is 3. The molecule has 1 aromatic heterocycles. The van der Waals surface area contributed by atoms with Crippen LogP contribution in [0.1, 0.15) is 49.0 Å². The molecule has 0 radical (unpaired) electrons. The summed E-state index contributed by atoms with van der Waals surface area (Å²) in [7, 11) is 0. The predicted molar refractivity (Wildman–Crippen MR) is 124 cm³/mol.